The highest BCUT2D eigenvalue weighted by Crippen LogP contribution is 2.31. The second-order valence-electron chi connectivity index (χ2n) is 11.1. The van der Waals surface area contributed by atoms with Gasteiger partial charge in [0.15, 0.2) is 0 Å². The zero-order valence-electron chi connectivity index (χ0n) is 25.8. The Bertz CT molecular complexity index is 2110. The van der Waals surface area contributed by atoms with Crippen molar-refractivity contribution in [2.45, 2.75) is 23.4 Å². The van der Waals surface area contributed by atoms with E-state index >= 15 is 0 Å². The van der Waals surface area contributed by atoms with Gasteiger partial charge in [-0.2, -0.15) is 12.6 Å². The fraction of sp³-hybridized carbons (Fsp3) is 0.105. The van der Waals surface area contributed by atoms with Crippen LogP contribution < -0.4 is 0 Å². The number of rotatable bonds is 10. The molecular weight excluding hydrogens is 641 g/mol. The van der Waals surface area contributed by atoms with Gasteiger partial charge < -0.3 is 19.0 Å². The molecule has 5 aromatic carbocycles. The summed E-state index contributed by atoms with van der Waals surface area (Å²) in [5, 5.41) is 36.6. The maximum Gasteiger partial charge on any atom is 0.248 e. The minimum atomic E-state index is -0.577. The van der Waals surface area contributed by atoms with Crippen molar-refractivity contribution in [1.29, 1.82) is 0 Å². The number of hydrogen-bond donors (Lipinski definition) is 3. The molecule has 0 spiro atoms. The molecule has 2 heterocycles. The largest absolute Gasteiger partial charge is 0.416 e. The summed E-state index contributed by atoms with van der Waals surface area (Å²) in [5.74, 6) is 2.05. The van der Waals surface area contributed by atoms with Gasteiger partial charge in [-0.1, -0.05) is 72.4 Å². The highest BCUT2D eigenvalue weighted by molar-refractivity contribution is 7.99. The van der Waals surface area contributed by atoms with Crippen molar-refractivity contribution in [3.63, 3.8) is 0 Å². The topological polar surface area (TPSA) is 118 Å². The molecule has 48 heavy (non-hydrogen) atoms. The van der Waals surface area contributed by atoms with Crippen LogP contribution in [0.25, 0.3) is 68.1 Å². The van der Waals surface area contributed by atoms with Gasteiger partial charge in [-0.25, -0.2) is 0 Å². The maximum absolute atomic E-state index is 9.98. The van der Waals surface area contributed by atoms with Crippen LogP contribution in [0.5, 0.6) is 0 Å². The maximum atomic E-state index is 9.98. The van der Waals surface area contributed by atoms with Crippen LogP contribution in [0, 0.1) is 0 Å². The molecular formula is C38H30N4O4S2. The van der Waals surface area contributed by atoms with Gasteiger partial charge in [0.25, 0.3) is 0 Å². The lowest BCUT2D eigenvalue weighted by Crippen LogP contribution is -1.97. The van der Waals surface area contributed by atoms with Gasteiger partial charge in [-0.15, -0.1) is 20.4 Å². The molecule has 8 nitrogen and oxygen atoms in total. The molecule has 7 rings (SSSR count). The Hall–Kier alpha value is -5.00. The molecule has 2 atom stereocenters. The number of aliphatic hydroxyl groups is 2. The number of aliphatic hydroxyl groups excluding tert-OH is 2. The third-order valence-electron chi connectivity index (χ3n) is 7.79. The first-order chi connectivity index (χ1) is 23.4. The van der Waals surface area contributed by atoms with E-state index in [4.69, 9.17) is 8.83 Å². The molecule has 0 bridgehead atoms. The standard InChI is InChI=1S/C38H30N4O4S2/c1-23(43)48-33-20-18-27(19-21-33)26-6-12-30(13-7-26)36-40-42-38(46-36)32-16-14-31(15-17-32)37-41-39-35(45-37)29-10-4-25(5-11-29)24-2-8-28(9-3-24)34(44)22-47/h2-21,23,34,43-44,47H,22H2,1H3. The Balaban J connectivity index is 1.00. The summed E-state index contributed by atoms with van der Waals surface area (Å²) in [4.78, 5) is 1.02. The van der Waals surface area contributed by atoms with E-state index in [2.05, 4.69) is 33.0 Å². The molecule has 2 aromatic heterocycles. The van der Waals surface area contributed by atoms with Crippen LogP contribution in [0.3, 0.4) is 0 Å². The van der Waals surface area contributed by atoms with E-state index in [1.807, 2.05) is 121 Å². The summed E-state index contributed by atoms with van der Waals surface area (Å²) in [6, 6.07) is 39.3. The smallest absolute Gasteiger partial charge is 0.248 e. The molecule has 0 aliphatic carbocycles. The molecule has 0 aliphatic rings. The lowest BCUT2D eigenvalue weighted by molar-refractivity contribution is 0.204. The van der Waals surface area contributed by atoms with E-state index in [9.17, 15) is 10.2 Å². The average molecular weight is 671 g/mol. The number of nitrogens with zero attached hydrogens (tertiary/aromatic N) is 4. The van der Waals surface area contributed by atoms with E-state index in [0.29, 0.717) is 29.3 Å². The summed E-state index contributed by atoms with van der Waals surface area (Å²) in [5.41, 5.74) is 7.80. The summed E-state index contributed by atoms with van der Waals surface area (Å²) < 4.78 is 12.0. The molecule has 0 fully saturated rings. The zero-order valence-corrected chi connectivity index (χ0v) is 27.5. The quantitative estimate of drug-likeness (QED) is 0.0745. The number of aromatic nitrogens is 4. The number of hydrogen-bond acceptors (Lipinski definition) is 10. The third kappa shape index (κ3) is 6.97. The Morgan fingerprint density at radius 1 is 0.500 bits per heavy atom. The van der Waals surface area contributed by atoms with Crippen molar-refractivity contribution in [3.8, 4) is 68.1 Å². The van der Waals surface area contributed by atoms with Crippen LogP contribution in [-0.4, -0.2) is 41.8 Å². The third-order valence-corrected chi connectivity index (χ3v) is 9.02. The molecule has 10 heteroatoms. The Kier molecular flexibility index (Phi) is 9.22. The van der Waals surface area contributed by atoms with Gasteiger partial charge >= 0.3 is 0 Å². The van der Waals surface area contributed by atoms with E-state index in [-0.39, 0.29) is 0 Å². The van der Waals surface area contributed by atoms with Gasteiger partial charge in [-0.05, 0) is 95.4 Å². The first kappa shape index (κ1) is 31.6. The highest BCUT2D eigenvalue weighted by Gasteiger charge is 2.15. The van der Waals surface area contributed by atoms with Crippen LogP contribution >= 0.6 is 24.4 Å². The fourth-order valence-corrected chi connectivity index (χ4v) is 6.10. The first-order valence-corrected chi connectivity index (χ1v) is 16.8. The van der Waals surface area contributed by atoms with Crippen molar-refractivity contribution in [1.82, 2.24) is 20.4 Å². The van der Waals surface area contributed by atoms with E-state index in [1.54, 1.807) is 6.92 Å². The molecule has 0 amide bonds. The predicted molar refractivity (Wildman–Crippen MR) is 191 cm³/mol. The lowest BCUT2D eigenvalue weighted by Gasteiger charge is -2.09. The van der Waals surface area contributed by atoms with Gasteiger partial charge in [0.05, 0.1) is 6.10 Å². The molecule has 2 unspecified atom stereocenters. The average Bonchev–Trinajstić information content (AvgIpc) is 3.83. The molecule has 238 valence electrons. The second-order valence-corrected chi connectivity index (χ2v) is 12.9. The number of thioether (sulfide) groups is 1. The fourth-order valence-electron chi connectivity index (χ4n) is 5.20. The van der Waals surface area contributed by atoms with Crippen LogP contribution in [-0.2, 0) is 0 Å². The minimum Gasteiger partial charge on any atom is -0.416 e. The van der Waals surface area contributed by atoms with Crippen molar-refractivity contribution < 1.29 is 19.0 Å². The van der Waals surface area contributed by atoms with Gasteiger partial charge in [-0.3, -0.25) is 0 Å². The van der Waals surface area contributed by atoms with Gasteiger partial charge in [0.2, 0.25) is 23.6 Å². The van der Waals surface area contributed by atoms with Crippen molar-refractivity contribution in [3.05, 3.63) is 127 Å². The van der Waals surface area contributed by atoms with Crippen LogP contribution in [0.4, 0.5) is 0 Å². The number of benzene rings is 5. The summed E-state index contributed by atoms with van der Waals surface area (Å²) in [6.45, 7) is 1.75. The Morgan fingerprint density at radius 3 is 1.10 bits per heavy atom. The Morgan fingerprint density at radius 2 is 0.792 bits per heavy atom. The Labute approximate surface area is 287 Å². The van der Waals surface area contributed by atoms with Crippen LogP contribution in [0.15, 0.2) is 135 Å². The van der Waals surface area contributed by atoms with Crippen molar-refractivity contribution in [2.75, 3.05) is 5.75 Å². The summed E-state index contributed by atoms with van der Waals surface area (Å²) in [7, 11) is 0. The van der Waals surface area contributed by atoms with E-state index in [0.717, 1.165) is 55.0 Å². The highest BCUT2D eigenvalue weighted by atomic mass is 32.2. The monoisotopic (exact) mass is 670 g/mol. The van der Waals surface area contributed by atoms with Gasteiger partial charge in [0, 0.05) is 32.9 Å². The molecule has 7 aromatic rings. The molecule has 0 aliphatic heterocycles. The van der Waals surface area contributed by atoms with Gasteiger partial charge in [0.1, 0.15) is 5.44 Å². The van der Waals surface area contributed by atoms with E-state index < -0.39 is 11.5 Å². The van der Waals surface area contributed by atoms with Crippen molar-refractivity contribution in [2.24, 2.45) is 0 Å². The minimum absolute atomic E-state index is 0.379. The molecule has 0 saturated heterocycles. The number of thiol groups is 1. The molecule has 0 radical (unpaired) electrons. The van der Waals surface area contributed by atoms with Crippen LogP contribution in [0.1, 0.15) is 18.6 Å². The summed E-state index contributed by atoms with van der Waals surface area (Å²) >= 11 is 5.57. The predicted octanol–water partition coefficient (Wildman–Crippen LogP) is 8.85. The molecule has 0 saturated carbocycles. The first-order valence-electron chi connectivity index (χ1n) is 15.3. The lowest BCUT2D eigenvalue weighted by atomic mass is 10.0. The summed E-state index contributed by atoms with van der Waals surface area (Å²) in [6.07, 6.45) is -0.577. The normalized spacial score (nSPS) is 12.6. The van der Waals surface area contributed by atoms with Crippen molar-refractivity contribution >= 4 is 24.4 Å². The zero-order chi connectivity index (χ0) is 33.0. The second kappa shape index (κ2) is 14.0. The van der Waals surface area contributed by atoms with E-state index in [1.165, 1.54) is 11.8 Å². The SMILES string of the molecule is CC(O)Sc1ccc(-c2ccc(-c3nnc(-c4ccc(-c5nnc(-c6ccc(-c7ccc(C(O)CS)cc7)cc6)o5)cc4)o3)cc2)cc1. The van der Waals surface area contributed by atoms with Crippen LogP contribution in [0.2, 0.25) is 0 Å². The molecule has 2 N–H and O–H groups in total.